The maximum atomic E-state index is 10.9. The smallest absolute Gasteiger partial charge is 0.222 e. The third-order valence-electron chi connectivity index (χ3n) is 2.85. The van der Waals surface area contributed by atoms with Crippen molar-refractivity contribution in [1.82, 2.24) is 9.97 Å². The molecule has 1 heterocycles. The van der Waals surface area contributed by atoms with Gasteiger partial charge in [-0.25, -0.2) is 9.97 Å². The van der Waals surface area contributed by atoms with E-state index in [1.165, 1.54) is 18.1 Å². The summed E-state index contributed by atoms with van der Waals surface area (Å²) in [5.41, 5.74) is 4.52. The minimum atomic E-state index is 0.0576. The molecule has 0 saturated heterocycles. The van der Waals surface area contributed by atoms with Gasteiger partial charge in [-0.15, -0.1) is 0 Å². The van der Waals surface area contributed by atoms with E-state index in [9.17, 15) is 4.79 Å². The lowest BCUT2D eigenvalue weighted by Crippen LogP contribution is -2.11. The van der Waals surface area contributed by atoms with Gasteiger partial charge in [0.1, 0.15) is 5.78 Å². The number of carbonyl (C=O) groups excluding carboxylic acids is 1. The number of aryl methyl sites for hydroxylation is 2. The molecule has 0 fully saturated rings. The topological polar surface area (TPSA) is 54.9 Å². The van der Waals surface area contributed by atoms with Gasteiger partial charge in [0.15, 0.2) is 0 Å². The Kier molecular flexibility index (Phi) is 3.90. The molecule has 1 aromatic heterocycles. The molecule has 0 unspecified atom stereocenters. The molecule has 1 N–H and O–H groups in total. The summed E-state index contributed by atoms with van der Waals surface area (Å²) in [4.78, 5) is 19.3. The van der Waals surface area contributed by atoms with Crippen molar-refractivity contribution >= 4 is 11.7 Å². The molecule has 0 aliphatic heterocycles. The highest BCUT2D eigenvalue weighted by molar-refractivity contribution is 5.79. The van der Waals surface area contributed by atoms with Crippen molar-refractivity contribution in [1.29, 1.82) is 0 Å². The van der Waals surface area contributed by atoms with Crippen LogP contribution in [0.3, 0.4) is 0 Å². The lowest BCUT2D eigenvalue weighted by molar-refractivity contribution is -0.115. The van der Waals surface area contributed by atoms with Crippen molar-refractivity contribution in [2.75, 3.05) is 11.9 Å². The average Bonchev–Trinajstić information content (AvgIpc) is 2.40. The zero-order chi connectivity index (χ0) is 13.8. The summed E-state index contributed by atoms with van der Waals surface area (Å²) in [7, 11) is 0. The van der Waals surface area contributed by atoms with Crippen LogP contribution in [-0.4, -0.2) is 22.3 Å². The second-order valence-electron chi connectivity index (χ2n) is 4.67. The van der Waals surface area contributed by atoms with Gasteiger partial charge in [0, 0.05) is 18.0 Å². The fourth-order valence-electron chi connectivity index (χ4n) is 1.81. The van der Waals surface area contributed by atoms with Crippen molar-refractivity contribution in [2.45, 2.75) is 20.8 Å². The van der Waals surface area contributed by atoms with E-state index < -0.39 is 0 Å². The minimum absolute atomic E-state index is 0.0576. The van der Waals surface area contributed by atoms with Crippen LogP contribution in [0.2, 0.25) is 0 Å². The number of rotatable bonds is 4. The standard InChI is InChI=1S/C15H17N3O/c1-10-4-5-11(2)14(6-10)13-8-17-15(18-9-13)16-7-12(3)19/h4-6,8-9H,7H2,1-3H3,(H,16,17,18). The normalized spacial score (nSPS) is 10.3. The van der Waals surface area contributed by atoms with Gasteiger partial charge in [0.2, 0.25) is 5.95 Å². The lowest BCUT2D eigenvalue weighted by Gasteiger charge is -2.08. The van der Waals surface area contributed by atoms with E-state index in [1.807, 2.05) is 0 Å². The molecule has 0 radical (unpaired) electrons. The lowest BCUT2D eigenvalue weighted by atomic mass is 10.0. The van der Waals surface area contributed by atoms with Crippen LogP contribution in [0.15, 0.2) is 30.6 Å². The zero-order valence-electron chi connectivity index (χ0n) is 11.4. The molecular formula is C15H17N3O. The fraction of sp³-hybridized carbons (Fsp3) is 0.267. The summed E-state index contributed by atoms with van der Waals surface area (Å²) < 4.78 is 0. The summed E-state index contributed by atoms with van der Waals surface area (Å²) in [6.07, 6.45) is 3.55. The van der Waals surface area contributed by atoms with Gasteiger partial charge in [-0.2, -0.15) is 0 Å². The molecule has 1 aromatic carbocycles. The molecule has 4 nitrogen and oxygen atoms in total. The summed E-state index contributed by atoms with van der Waals surface area (Å²) in [6, 6.07) is 6.30. The minimum Gasteiger partial charge on any atom is -0.347 e. The Morgan fingerprint density at radius 2 is 1.89 bits per heavy atom. The molecule has 4 heteroatoms. The van der Waals surface area contributed by atoms with Gasteiger partial charge in [0.25, 0.3) is 0 Å². The van der Waals surface area contributed by atoms with Crippen molar-refractivity contribution in [2.24, 2.45) is 0 Å². The number of hydrogen-bond donors (Lipinski definition) is 1. The Morgan fingerprint density at radius 3 is 2.53 bits per heavy atom. The number of aromatic nitrogens is 2. The maximum absolute atomic E-state index is 10.9. The van der Waals surface area contributed by atoms with Crippen LogP contribution in [0.1, 0.15) is 18.1 Å². The Balaban J connectivity index is 2.22. The second kappa shape index (κ2) is 5.61. The molecule has 0 atom stereocenters. The Labute approximate surface area is 112 Å². The largest absolute Gasteiger partial charge is 0.347 e. The Bertz CT molecular complexity index is 591. The predicted molar refractivity (Wildman–Crippen MR) is 76.1 cm³/mol. The van der Waals surface area contributed by atoms with E-state index in [-0.39, 0.29) is 12.3 Å². The van der Waals surface area contributed by atoms with E-state index >= 15 is 0 Å². The monoisotopic (exact) mass is 255 g/mol. The van der Waals surface area contributed by atoms with E-state index in [4.69, 9.17) is 0 Å². The van der Waals surface area contributed by atoms with E-state index in [0.29, 0.717) is 5.95 Å². The number of hydrogen-bond acceptors (Lipinski definition) is 4. The van der Waals surface area contributed by atoms with Gasteiger partial charge in [-0.3, -0.25) is 4.79 Å². The van der Waals surface area contributed by atoms with Gasteiger partial charge < -0.3 is 5.32 Å². The SMILES string of the molecule is CC(=O)CNc1ncc(-c2cc(C)ccc2C)cn1. The molecule has 0 amide bonds. The molecule has 2 aromatic rings. The third-order valence-corrected chi connectivity index (χ3v) is 2.85. The molecule has 0 saturated carbocycles. The summed E-state index contributed by atoms with van der Waals surface area (Å²) in [5.74, 6) is 0.534. The number of nitrogens with zero attached hydrogens (tertiary/aromatic N) is 2. The maximum Gasteiger partial charge on any atom is 0.222 e. The number of anilines is 1. The van der Waals surface area contributed by atoms with Gasteiger partial charge in [-0.05, 0) is 31.9 Å². The molecule has 0 aliphatic carbocycles. The number of ketones is 1. The first-order valence-electron chi connectivity index (χ1n) is 6.19. The quantitative estimate of drug-likeness (QED) is 0.912. The number of benzene rings is 1. The van der Waals surface area contributed by atoms with E-state index in [0.717, 1.165) is 11.1 Å². The second-order valence-corrected chi connectivity index (χ2v) is 4.67. The van der Waals surface area contributed by atoms with Crippen LogP contribution < -0.4 is 5.32 Å². The van der Waals surface area contributed by atoms with Crippen LogP contribution in [-0.2, 0) is 4.79 Å². The average molecular weight is 255 g/mol. The Morgan fingerprint density at radius 1 is 1.21 bits per heavy atom. The van der Waals surface area contributed by atoms with Crippen LogP contribution >= 0.6 is 0 Å². The summed E-state index contributed by atoms with van der Waals surface area (Å²) in [5, 5.41) is 2.88. The van der Waals surface area contributed by atoms with Crippen LogP contribution in [0.5, 0.6) is 0 Å². The van der Waals surface area contributed by atoms with Gasteiger partial charge in [-0.1, -0.05) is 23.8 Å². The van der Waals surface area contributed by atoms with Crippen molar-refractivity contribution in [3.8, 4) is 11.1 Å². The predicted octanol–water partition coefficient (Wildman–Crippen LogP) is 2.76. The fourth-order valence-corrected chi connectivity index (χ4v) is 1.81. The van der Waals surface area contributed by atoms with Gasteiger partial charge >= 0.3 is 0 Å². The molecular weight excluding hydrogens is 238 g/mol. The van der Waals surface area contributed by atoms with Crippen molar-refractivity contribution in [3.63, 3.8) is 0 Å². The van der Waals surface area contributed by atoms with E-state index in [2.05, 4.69) is 47.3 Å². The number of carbonyl (C=O) groups is 1. The summed E-state index contributed by atoms with van der Waals surface area (Å²) in [6.45, 7) is 5.91. The molecule has 0 aliphatic rings. The molecule has 19 heavy (non-hydrogen) atoms. The third kappa shape index (κ3) is 3.37. The molecule has 0 spiro atoms. The molecule has 0 bridgehead atoms. The van der Waals surface area contributed by atoms with Crippen LogP contribution in [0.25, 0.3) is 11.1 Å². The van der Waals surface area contributed by atoms with Crippen LogP contribution in [0, 0.1) is 13.8 Å². The molecule has 98 valence electrons. The number of nitrogens with one attached hydrogen (secondary N) is 1. The number of Topliss-reactive ketones (excluding diaryl/α,β-unsaturated/α-hetero) is 1. The highest BCUT2D eigenvalue weighted by Crippen LogP contribution is 2.23. The van der Waals surface area contributed by atoms with Gasteiger partial charge in [0.05, 0.1) is 6.54 Å². The molecule has 2 rings (SSSR count). The summed E-state index contributed by atoms with van der Waals surface area (Å²) >= 11 is 0. The first-order chi connectivity index (χ1) is 9.06. The highest BCUT2D eigenvalue weighted by atomic mass is 16.1. The van der Waals surface area contributed by atoms with E-state index in [1.54, 1.807) is 12.4 Å². The Hall–Kier alpha value is -2.23. The van der Waals surface area contributed by atoms with Crippen molar-refractivity contribution < 1.29 is 4.79 Å². The van der Waals surface area contributed by atoms with Crippen LogP contribution in [0.4, 0.5) is 5.95 Å². The zero-order valence-corrected chi connectivity index (χ0v) is 11.4. The first kappa shape index (κ1) is 13.2. The first-order valence-corrected chi connectivity index (χ1v) is 6.19. The van der Waals surface area contributed by atoms with Crippen molar-refractivity contribution in [3.05, 3.63) is 41.7 Å². The highest BCUT2D eigenvalue weighted by Gasteiger charge is 2.04.